The Morgan fingerprint density at radius 2 is 1.81 bits per heavy atom. The number of hydrogen-bond donors (Lipinski definition) is 1. The number of rotatable bonds is 8. The number of carbonyl (C=O) groups excluding carboxylic acids is 1. The minimum absolute atomic E-state index is 0.0767. The molecule has 0 fully saturated rings. The molecule has 1 aliphatic carbocycles. The maximum Gasteiger partial charge on any atom is 0.203 e. The number of ketones is 1. The van der Waals surface area contributed by atoms with E-state index in [0.29, 0.717) is 34.8 Å². The van der Waals surface area contributed by atoms with Crippen molar-refractivity contribution in [1.29, 1.82) is 5.26 Å². The lowest BCUT2D eigenvalue weighted by Gasteiger charge is -2.39. The van der Waals surface area contributed by atoms with Crippen LogP contribution >= 0.6 is 11.8 Å². The van der Waals surface area contributed by atoms with E-state index in [0.717, 1.165) is 41.3 Å². The molecule has 0 spiro atoms. The maximum absolute atomic E-state index is 13.4. The van der Waals surface area contributed by atoms with Crippen molar-refractivity contribution in [3.05, 3.63) is 39.6 Å². The fourth-order valence-corrected chi connectivity index (χ4v) is 5.56. The first kappa shape index (κ1) is 24.1. The molecule has 3 rings (SSSR count). The molecule has 2 aliphatic rings. The second kappa shape index (κ2) is 9.91. The predicted octanol–water partition coefficient (Wildman–Crippen LogP) is 5.31. The van der Waals surface area contributed by atoms with Gasteiger partial charge in [-0.3, -0.25) is 4.79 Å². The Morgan fingerprint density at radius 1 is 1.16 bits per heavy atom. The molecular formula is C25H32N2O4S. The Balaban J connectivity index is 2.22. The van der Waals surface area contributed by atoms with Crippen LogP contribution in [-0.2, 0) is 4.79 Å². The first-order chi connectivity index (χ1) is 15.3. The molecule has 1 atom stereocenters. The lowest BCUT2D eigenvalue weighted by atomic mass is 9.69. The minimum Gasteiger partial charge on any atom is -0.493 e. The van der Waals surface area contributed by atoms with Crippen LogP contribution < -0.4 is 19.5 Å². The van der Waals surface area contributed by atoms with Gasteiger partial charge in [-0.25, -0.2) is 0 Å². The first-order valence-corrected chi connectivity index (χ1v) is 11.9. The number of nitrogens with one attached hydrogen (secondary N) is 1. The number of nitrogens with zero attached hydrogens (tertiary/aromatic N) is 1. The van der Waals surface area contributed by atoms with Gasteiger partial charge in [0.2, 0.25) is 5.75 Å². The Kier molecular flexibility index (Phi) is 7.45. The van der Waals surface area contributed by atoms with Crippen LogP contribution in [0.15, 0.2) is 34.0 Å². The van der Waals surface area contributed by atoms with E-state index in [2.05, 4.69) is 32.2 Å². The van der Waals surface area contributed by atoms with Gasteiger partial charge in [0.1, 0.15) is 0 Å². The predicted molar refractivity (Wildman–Crippen MR) is 127 cm³/mol. The van der Waals surface area contributed by atoms with Crippen LogP contribution in [0.2, 0.25) is 0 Å². The Labute approximate surface area is 195 Å². The number of methoxy groups -OCH3 is 3. The highest BCUT2D eigenvalue weighted by Crippen LogP contribution is 2.50. The number of allylic oxidation sites excluding steroid dienone is 3. The van der Waals surface area contributed by atoms with Gasteiger partial charge in [0, 0.05) is 17.7 Å². The molecule has 172 valence electrons. The average Bonchev–Trinajstić information content (AvgIpc) is 2.76. The quantitative estimate of drug-likeness (QED) is 0.531. The van der Waals surface area contributed by atoms with Crippen molar-refractivity contribution in [2.75, 3.05) is 27.1 Å². The van der Waals surface area contributed by atoms with Crippen molar-refractivity contribution in [3.63, 3.8) is 0 Å². The largest absolute Gasteiger partial charge is 0.493 e. The molecule has 0 bridgehead atoms. The van der Waals surface area contributed by atoms with Gasteiger partial charge in [0.25, 0.3) is 0 Å². The highest BCUT2D eigenvalue weighted by atomic mass is 32.2. The van der Waals surface area contributed by atoms with Gasteiger partial charge in [-0.1, -0.05) is 27.2 Å². The highest BCUT2D eigenvalue weighted by Gasteiger charge is 2.42. The fourth-order valence-electron chi connectivity index (χ4n) is 4.41. The van der Waals surface area contributed by atoms with Gasteiger partial charge in [-0.2, -0.15) is 5.26 Å². The normalized spacial score (nSPS) is 19.8. The Bertz CT molecular complexity index is 979. The monoisotopic (exact) mass is 456 g/mol. The van der Waals surface area contributed by atoms with E-state index in [1.54, 1.807) is 33.1 Å². The zero-order valence-electron chi connectivity index (χ0n) is 19.8. The van der Waals surface area contributed by atoms with E-state index in [1.165, 1.54) is 0 Å². The highest BCUT2D eigenvalue weighted by molar-refractivity contribution is 8.03. The van der Waals surface area contributed by atoms with Crippen molar-refractivity contribution >= 4 is 17.5 Å². The number of dihydropyridines is 1. The van der Waals surface area contributed by atoms with Gasteiger partial charge < -0.3 is 19.5 Å². The first-order valence-electron chi connectivity index (χ1n) is 10.9. The summed E-state index contributed by atoms with van der Waals surface area (Å²) in [7, 11) is 4.69. The van der Waals surface area contributed by atoms with E-state index in [1.807, 2.05) is 12.1 Å². The maximum atomic E-state index is 13.4. The van der Waals surface area contributed by atoms with E-state index in [9.17, 15) is 10.1 Å². The summed E-state index contributed by atoms with van der Waals surface area (Å²) in [5.74, 6) is 2.00. The second-order valence-corrected chi connectivity index (χ2v) is 10.0. The smallest absolute Gasteiger partial charge is 0.203 e. The lowest BCUT2D eigenvalue weighted by molar-refractivity contribution is -0.118. The summed E-state index contributed by atoms with van der Waals surface area (Å²) in [4.78, 5) is 13.4. The molecule has 1 aromatic rings. The number of hydrogen-bond acceptors (Lipinski definition) is 7. The molecule has 0 amide bonds. The second-order valence-electron chi connectivity index (χ2n) is 8.91. The van der Waals surface area contributed by atoms with Crippen LogP contribution in [0.1, 0.15) is 57.9 Å². The van der Waals surface area contributed by atoms with E-state index in [4.69, 9.17) is 14.2 Å². The number of unbranched alkanes of at least 4 members (excludes halogenated alkanes) is 1. The average molecular weight is 457 g/mol. The van der Waals surface area contributed by atoms with Gasteiger partial charge in [-0.05, 0) is 41.7 Å². The standard InChI is InChI=1S/C25H32N2O4S/c1-7-8-9-32-24-16(14-26)21(22-17(27-24)12-25(2,3)13-18(22)28)15-10-19(29-4)23(31-6)20(11-15)30-5/h10-11,21,27H,7-9,12-13H2,1-6H3/t21-/m1/s1. The minimum atomic E-state index is -0.474. The molecule has 0 aromatic heterocycles. The van der Waals surface area contributed by atoms with Crippen molar-refractivity contribution < 1.29 is 19.0 Å². The zero-order valence-corrected chi connectivity index (χ0v) is 20.6. The molecule has 0 saturated carbocycles. The lowest BCUT2D eigenvalue weighted by Crippen LogP contribution is -2.37. The number of benzene rings is 1. The Morgan fingerprint density at radius 3 is 2.34 bits per heavy atom. The molecule has 0 radical (unpaired) electrons. The van der Waals surface area contributed by atoms with Gasteiger partial charge in [0.05, 0.1) is 43.9 Å². The van der Waals surface area contributed by atoms with Crippen molar-refractivity contribution in [3.8, 4) is 23.3 Å². The van der Waals surface area contributed by atoms with E-state index in [-0.39, 0.29) is 11.2 Å². The van der Waals surface area contributed by atoms with Crippen LogP contribution in [0.3, 0.4) is 0 Å². The summed E-state index contributed by atoms with van der Waals surface area (Å²) < 4.78 is 16.6. The summed E-state index contributed by atoms with van der Waals surface area (Å²) in [6.07, 6.45) is 3.34. The third-order valence-electron chi connectivity index (χ3n) is 5.89. The number of Topliss-reactive ketones (excluding diaryl/α,β-unsaturated/α-hetero) is 1. The molecule has 32 heavy (non-hydrogen) atoms. The van der Waals surface area contributed by atoms with Gasteiger partial charge >= 0.3 is 0 Å². The third-order valence-corrected chi connectivity index (χ3v) is 6.99. The number of thioether (sulfide) groups is 1. The SMILES string of the molecule is CCCCSC1=C(C#N)[C@@H](c2cc(OC)c(OC)c(OC)c2)C2=C(CC(C)(C)CC2=O)N1. The number of carbonyl (C=O) groups is 1. The van der Waals surface area contributed by atoms with Crippen LogP contribution in [0.25, 0.3) is 0 Å². The molecule has 1 aromatic carbocycles. The third kappa shape index (κ3) is 4.61. The molecule has 0 unspecified atom stereocenters. The summed E-state index contributed by atoms with van der Waals surface area (Å²) in [6.45, 7) is 6.37. The fraction of sp³-hybridized carbons (Fsp3) is 0.520. The summed E-state index contributed by atoms with van der Waals surface area (Å²) in [5, 5.41) is 14.5. The molecule has 6 nitrogen and oxygen atoms in total. The summed E-state index contributed by atoms with van der Waals surface area (Å²) >= 11 is 1.65. The summed E-state index contributed by atoms with van der Waals surface area (Å²) in [5.41, 5.74) is 2.81. The number of nitriles is 1. The van der Waals surface area contributed by atoms with Crippen molar-refractivity contribution in [2.45, 2.75) is 52.4 Å². The molecule has 1 N–H and O–H groups in total. The van der Waals surface area contributed by atoms with Crippen molar-refractivity contribution in [1.82, 2.24) is 5.32 Å². The van der Waals surface area contributed by atoms with E-state index >= 15 is 0 Å². The zero-order chi connectivity index (χ0) is 23.5. The molecule has 1 aliphatic heterocycles. The van der Waals surface area contributed by atoms with Crippen LogP contribution in [-0.4, -0.2) is 32.9 Å². The molecule has 0 saturated heterocycles. The molecule has 7 heteroatoms. The van der Waals surface area contributed by atoms with Crippen LogP contribution in [0.5, 0.6) is 17.2 Å². The summed E-state index contributed by atoms with van der Waals surface area (Å²) in [6, 6.07) is 6.10. The van der Waals surface area contributed by atoms with Crippen LogP contribution in [0.4, 0.5) is 0 Å². The van der Waals surface area contributed by atoms with E-state index < -0.39 is 5.92 Å². The Hall–Kier alpha value is -2.59. The van der Waals surface area contributed by atoms with Gasteiger partial charge in [0.15, 0.2) is 17.3 Å². The number of ether oxygens (including phenoxy) is 3. The van der Waals surface area contributed by atoms with Gasteiger partial charge in [-0.15, -0.1) is 11.8 Å². The topological polar surface area (TPSA) is 80.6 Å². The molecule has 1 heterocycles. The van der Waals surface area contributed by atoms with Crippen molar-refractivity contribution in [2.24, 2.45) is 5.41 Å². The molecular weight excluding hydrogens is 424 g/mol. The van der Waals surface area contributed by atoms with Crippen LogP contribution in [0, 0.1) is 16.7 Å².